The van der Waals surface area contributed by atoms with E-state index in [1.165, 1.54) is 25.7 Å². The van der Waals surface area contributed by atoms with Crippen molar-refractivity contribution in [3.8, 4) is 0 Å². The maximum atomic E-state index is 9.92. The van der Waals surface area contributed by atoms with Crippen LogP contribution in [0.5, 0.6) is 0 Å². The summed E-state index contributed by atoms with van der Waals surface area (Å²) in [5.41, 5.74) is 0.483. The molecule has 0 aromatic carbocycles. The van der Waals surface area contributed by atoms with Crippen molar-refractivity contribution in [2.45, 2.75) is 71.9 Å². The standard InChI is InChI=1S/C14H29NO/c1-5-11(2)13(16)10-15-12-7-6-8-14(3,4)9-12/h11-13,15-16H,5-10H2,1-4H3. The molecule has 0 amide bonds. The van der Waals surface area contributed by atoms with E-state index in [0.717, 1.165) is 13.0 Å². The number of nitrogens with one attached hydrogen (secondary N) is 1. The van der Waals surface area contributed by atoms with E-state index in [4.69, 9.17) is 0 Å². The molecule has 2 heteroatoms. The van der Waals surface area contributed by atoms with Gasteiger partial charge in [-0.25, -0.2) is 0 Å². The highest BCUT2D eigenvalue weighted by atomic mass is 16.3. The lowest BCUT2D eigenvalue weighted by atomic mass is 9.75. The van der Waals surface area contributed by atoms with Gasteiger partial charge in [0.2, 0.25) is 0 Å². The largest absolute Gasteiger partial charge is 0.392 e. The molecule has 1 aliphatic carbocycles. The molecular formula is C14H29NO. The van der Waals surface area contributed by atoms with Crippen LogP contribution in [0.4, 0.5) is 0 Å². The Morgan fingerprint density at radius 3 is 2.69 bits per heavy atom. The van der Waals surface area contributed by atoms with E-state index >= 15 is 0 Å². The first-order valence-corrected chi connectivity index (χ1v) is 6.86. The van der Waals surface area contributed by atoms with E-state index in [-0.39, 0.29) is 6.10 Å². The average molecular weight is 227 g/mol. The molecule has 0 saturated heterocycles. The molecule has 3 atom stereocenters. The summed E-state index contributed by atoms with van der Waals surface area (Å²) in [5.74, 6) is 0.407. The maximum Gasteiger partial charge on any atom is 0.0690 e. The van der Waals surface area contributed by atoms with Crippen LogP contribution in [0.15, 0.2) is 0 Å². The van der Waals surface area contributed by atoms with Gasteiger partial charge >= 0.3 is 0 Å². The molecule has 0 aromatic heterocycles. The topological polar surface area (TPSA) is 32.3 Å². The fourth-order valence-electron chi connectivity index (χ4n) is 2.63. The van der Waals surface area contributed by atoms with Gasteiger partial charge in [-0.2, -0.15) is 0 Å². The number of hydrogen-bond donors (Lipinski definition) is 2. The number of hydrogen-bond acceptors (Lipinski definition) is 2. The predicted molar refractivity (Wildman–Crippen MR) is 69.5 cm³/mol. The molecule has 3 unspecified atom stereocenters. The van der Waals surface area contributed by atoms with Crippen LogP contribution >= 0.6 is 0 Å². The van der Waals surface area contributed by atoms with Crippen molar-refractivity contribution in [3.63, 3.8) is 0 Å². The molecule has 16 heavy (non-hydrogen) atoms. The quantitative estimate of drug-likeness (QED) is 0.757. The molecular weight excluding hydrogens is 198 g/mol. The Morgan fingerprint density at radius 1 is 1.44 bits per heavy atom. The van der Waals surface area contributed by atoms with E-state index in [2.05, 4.69) is 33.0 Å². The van der Waals surface area contributed by atoms with Gasteiger partial charge in [0.15, 0.2) is 0 Å². The molecule has 0 spiro atoms. The molecule has 1 rings (SSSR count). The fourth-order valence-corrected chi connectivity index (χ4v) is 2.63. The maximum absolute atomic E-state index is 9.92. The minimum Gasteiger partial charge on any atom is -0.392 e. The van der Waals surface area contributed by atoms with Crippen LogP contribution in [0, 0.1) is 11.3 Å². The van der Waals surface area contributed by atoms with Crippen LogP contribution in [-0.4, -0.2) is 23.8 Å². The van der Waals surface area contributed by atoms with Gasteiger partial charge < -0.3 is 10.4 Å². The van der Waals surface area contributed by atoms with Gasteiger partial charge in [-0.1, -0.05) is 40.5 Å². The monoisotopic (exact) mass is 227 g/mol. The zero-order valence-corrected chi connectivity index (χ0v) is 11.4. The van der Waals surface area contributed by atoms with E-state index < -0.39 is 0 Å². The minimum atomic E-state index is -0.185. The van der Waals surface area contributed by atoms with E-state index in [1.54, 1.807) is 0 Å². The molecule has 2 nitrogen and oxygen atoms in total. The molecule has 0 bridgehead atoms. The zero-order valence-electron chi connectivity index (χ0n) is 11.4. The molecule has 0 heterocycles. The first-order valence-electron chi connectivity index (χ1n) is 6.86. The lowest BCUT2D eigenvalue weighted by Crippen LogP contribution is -2.42. The first kappa shape index (κ1) is 14.0. The molecule has 1 aliphatic rings. The van der Waals surface area contributed by atoms with Gasteiger partial charge in [-0.15, -0.1) is 0 Å². The predicted octanol–water partition coefficient (Wildman–Crippen LogP) is 2.95. The van der Waals surface area contributed by atoms with Crippen LogP contribution < -0.4 is 5.32 Å². The van der Waals surface area contributed by atoms with Crippen molar-refractivity contribution in [1.82, 2.24) is 5.32 Å². The average Bonchev–Trinajstić information content (AvgIpc) is 2.23. The van der Waals surface area contributed by atoms with Gasteiger partial charge in [0.1, 0.15) is 0 Å². The van der Waals surface area contributed by atoms with E-state index in [0.29, 0.717) is 17.4 Å². The Balaban J connectivity index is 2.27. The minimum absolute atomic E-state index is 0.185. The van der Waals surface area contributed by atoms with Crippen LogP contribution in [0.1, 0.15) is 59.8 Å². The number of rotatable bonds is 5. The lowest BCUT2D eigenvalue weighted by molar-refractivity contribution is 0.101. The third-order valence-corrected chi connectivity index (χ3v) is 4.12. The van der Waals surface area contributed by atoms with Gasteiger partial charge in [0.25, 0.3) is 0 Å². The summed E-state index contributed by atoms with van der Waals surface area (Å²) in [5, 5.41) is 13.5. The highest BCUT2D eigenvalue weighted by Crippen LogP contribution is 2.35. The summed E-state index contributed by atoms with van der Waals surface area (Å²) in [7, 11) is 0. The Bertz CT molecular complexity index is 203. The van der Waals surface area contributed by atoms with Crippen LogP contribution in [0.25, 0.3) is 0 Å². The Labute approximate surface area is 101 Å². The second-order valence-corrected chi connectivity index (χ2v) is 6.32. The molecule has 2 N–H and O–H groups in total. The SMILES string of the molecule is CCC(C)C(O)CNC1CCCC(C)(C)C1. The van der Waals surface area contributed by atoms with Gasteiger partial charge in [-0.05, 0) is 30.6 Å². The van der Waals surface area contributed by atoms with Crippen molar-refractivity contribution in [1.29, 1.82) is 0 Å². The normalized spacial score (nSPS) is 28.7. The van der Waals surface area contributed by atoms with E-state index in [9.17, 15) is 5.11 Å². The number of aliphatic hydroxyl groups is 1. The van der Waals surface area contributed by atoms with Gasteiger partial charge in [-0.3, -0.25) is 0 Å². The van der Waals surface area contributed by atoms with Crippen molar-refractivity contribution in [3.05, 3.63) is 0 Å². The van der Waals surface area contributed by atoms with Crippen LogP contribution in [-0.2, 0) is 0 Å². The molecule has 0 radical (unpaired) electrons. The highest BCUT2D eigenvalue weighted by molar-refractivity contribution is 4.84. The summed E-state index contributed by atoms with van der Waals surface area (Å²) in [6, 6.07) is 0.613. The Morgan fingerprint density at radius 2 is 2.12 bits per heavy atom. The molecule has 0 aliphatic heterocycles. The highest BCUT2D eigenvalue weighted by Gasteiger charge is 2.28. The van der Waals surface area contributed by atoms with Crippen LogP contribution in [0.2, 0.25) is 0 Å². The van der Waals surface area contributed by atoms with Crippen LogP contribution in [0.3, 0.4) is 0 Å². The molecule has 0 aromatic rings. The zero-order chi connectivity index (χ0) is 12.2. The van der Waals surface area contributed by atoms with E-state index in [1.807, 2.05) is 0 Å². The summed E-state index contributed by atoms with van der Waals surface area (Å²) < 4.78 is 0. The van der Waals surface area contributed by atoms with Crippen molar-refractivity contribution in [2.75, 3.05) is 6.54 Å². The second-order valence-electron chi connectivity index (χ2n) is 6.32. The van der Waals surface area contributed by atoms with Gasteiger partial charge in [0.05, 0.1) is 6.10 Å². The summed E-state index contributed by atoms with van der Waals surface area (Å²) in [4.78, 5) is 0. The number of aliphatic hydroxyl groups excluding tert-OH is 1. The molecule has 96 valence electrons. The smallest absolute Gasteiger partial charge is 0.0690 e. The van der Waals surface area contributed by atoms with Gasteiger partial charge in [0, 0.05) is 12.6 Å². The third-order valence-electron chi connectivity index (χ3n) is 4.12. The summed E-state index contributed by atoms with van der Waals surface area (Å²) in [6.45, 7) is 9.72. The van der Waals surface area contributed by atoms with Crippen molar-refractivity contribution in [2.24, 2.45) is 11.3 Å². The van der Waals surface area contributed by atoms with Crippen molar-refractivity contribution >= 4 is 0 Å². The molecule has 1 fully saturated rings. The second kappa shape index (κ2) is 6.02. The third kappa shape index (κ3) is 4.42. The Hall–Kier alpha value is -0.0800. The molecule has 1 saturated carbocycles. The Kier molecular flexibility index (Phi) is 5.26. The first-order chi connectivity index (χ1) is 7.44. The summed E-state index contributed by atoms with van der Waals surface area (Å²) in [6.07, 6.45) is 6.06. The fraction of sp³-hybridized carbons (Fsp3) is 1.00. The summed E-state index contributed by atoms with van der Waals surface area (Å²) >= 11 is 0. The van der Waals surface area contributed by atoms with Crippen molar-refractivity contribution < 1.29 is 5.11 Å². The lowest BCUT2D eigenvalue weighted by Gasteiger charge is -2.36.